The van der Waals surface area contributed by atoms with Gasteiger partial charge in [0.1, 0.15) is 6.10 Å². The van der Waals surface area contributed by atoms with E-state index in [2.05, 4.69) is 50.4 Å². The summed E-state index contributed by atoms with van der Waals surface area (Å²) in [6, 6.07) is -0.701. The van der Waals surface area contributed by atoms with Gasteiger partial charge in [-0.05, 0) is 51.4 Å². The number of nitrogens with one attached hydrogen (secondary N) is 1. The molecule has 0 aromatic rings. The third-order valence-electron chi connectivity index (χ3n) is 12.8. The molecule has 0 aliphatic rings. The molecule has 0 heterocycles. The van der Waals surface area contributed by atoms with Crippen LogP contribution in [-0.4, -0.2) is 46.9 Å². The molecule has 0 saturated carbocycles. The average molecular weight is 874 g/mol. The van der Waals surface area contributed by atoms with E-state index in [1.54, 1.807) is 0 Å². The summed E-state index contributed by atoms with van der Waals surface area (Å²) in [6.07, 6.45) is 58.2. The van der Waals surface area contributed by atoms with E-state index in [0.29, 0.717) is 19.3 Å². The monoisotopic (exact) mass is 874 g/mol. The first kappa shape index (κ1) is 60.3. The molecular weight excluding hydrogens is 767 g/mol. The van der Waals surface area contributed by atoms with Gasteiger partial charge in [-0.1, -0.05) is 257 Å². The highest BCUT2D eigenvalue weighted by Gasteiger charge is 2.24. The standard InChI is InChI=1S/C56H107NO5/c1-4-7-10-13-16-19-22-25-27-28-29-31-34-37-40-43-46-49-56(61)62-52(47-44-41-38-35-32-24-21-18-15-12-9-6-3)50-55(60)57-53(51-58)54(59)48-45-42-39-36-33-30-26-23-20-17-14-11-8-5-2/h9,12,18,21,52-54,58-59H,4-8,10-11,13-17,19-20,22-51H2,1-3H3,(H,57,60)/b12-9+,21-18+. The van der Waals surface area contributed by atoms with Crippen LogP contribution in [0.4, 0.5) is 0 Å². The molecule has 0 aliphatic carbocycles. The van der Waals surface area contributed by atoms with E-state index in [0.717, 1.165) is 70.6 Å². The Hall–Kier alpha value is -1.66. The molecular formula is C56H107NO5. The first-order valence-electron chi connectivity index (χ1n) is 27.6. The van der Waals surface area contributed by atoms with Crippen molar-refractivity contribution in [3.63, 3.8) is 0 Å². The van der Waals surface area contributed by atoms with Gasteiger partial charge in [-0.2, -0.15) is 0 Å². The number of hydrogen-bond donors (Lipinski definition) is 3. The fourth-order valence-corrected chi connectivity index (χ4v) is 8.65. The third kappa shape index (κ3) is 44.9. The molecule has 6 heteroatoms. The zero-order chi connectivity index (χ0) is 45.2. The number of hydrogen-bond acceptors (Lipinski definition) is 5. The minimum atomic E-state index is -0.787. The number of ether oxygens (including phenoxy) is 1. The van der Waals surface area contributed by atoms with Crippen molar-refractivity contribution in [1.29, 1.82) is 0 Å². The lowest BCUT2D eigenvalue weighted by Gasteiger charge is -2.24. The second-order valence-corrected chi connectivity index (χ2v) is 19.0. The molecule has 0 aromatic heterocycles. The van der Waals surface area contributed by atoms with Crippen molar-refractivity contribution in [3.8, 4) is 0 Å². The lowest BCUT2D eigenvalue weighted by Crippen LogP contribution is -2.46. The summed E-state index contributed by atoms with van der Waals surface area (Å²) in [4.78, 5) is 26.2. The van der Waals surface area contributed by atoms with Crippen LogP contribution in [0.25, 0.3) is 0 Å². The van der Waals surface area contributed by atoms with E-state index in [4.69, 9.17) is 4.74 Å². The smallest absolute Gasteiger partial charge is 0.306 e. The quantitative estimate of drug-likeness (QED) is 0.0321. The van der Waals surface area contributed by atoms with Crippen LogP contribution in [0.2, 0.25) is 0 Å². The predicted molar refractivity (Wildman–Crippen MR) is 269 cm³/mol. The lowest BCUT2D eigenvalue weighted by atomic mass is 10.0. The Labute approximate surface area is 386 Å². The Morgan fingerprint density at radius 1 is 0.484 bits per heavy atom. The Morgan fingerprint density at radius 2 is 0.871 bits per heavy atom. The van der Waals surface area contributed by atoms with E-state index in [1.165, 1.54) is 180 Å². The molecule has 0 aliphatic heterocycles. The second kappa shape index (κ2) is 50.3. The van der Waals surface area contributed by atoms with Gasteiger partial charge in [0.2, 0.25) is 5.91 Å². The molecule has 3 atom stereocenters. The zero-order valence-corrected chi connectivity index (χ0v) is 41.8. The molecule has 3 unspecified atom stereocenters. The van der Waals surface area contributed by atoms with Gasteiger partial charge in [0.25, 0.3) is 0 Å². The maximum atomic E-state index is 13.2. The number of allylic oxidation sites excluding steroid dienone is 4. The van der Waals surface area contributed by atoms with Gasteiger partial charge in [-0.3, -0.25) is 9.59 Å². The molecule has 3 N–H and O–H groups in total. The highest BCUT2D eigenvalue weighted by atomic mass is 16.5. The van der Waals surface area contributed by atoms with Crippen LogP contribution in [0.15, 0.2) is 24.3 Å². The second-order valence-electron chi connectivity index (χ2n) is 19.0. The molecule has 0 fully saturated rings. The molecule has 1 amide bonds. The van der Waals surface area contributed by atoms with Crippen molar-refractivity contribution < 1.29 is 24.5 Å². The predicted octanol–water partition coefficient (Wildman–Crippen LogP) is 16.7. The summed E-state index contributed by atoms with van der Waals surface area (Å²) in [5.41, 5.74) is 0. The molecule has 0 bridgehead atoms. The summed E-state index contributed by atoms with van der Waals surface area (Å²) in [5.74, 6) is -0.471. The molecule has 0 rings (SSSR count). The Balaban J connectivity index is 4.48. The first-order chi connectivity index (χ1) is 30.5. The molecule has 0 saturated heterocycles. The summed E-state index contributed by atoms with van der Waals surface area (Å²) in [6.45, 7) is 6.40. The van der Waals surface area contributed by atoms with Crippen LogP contribution in [-0.2, 0) is 14.3 Å². The third-order valence-corrected chi connectivity index (χ3v) is 12.8. The van der Waals surface area contributed by atoms with E-state index in [9.17, 15) is 19.8 Å². The van der Waals surface area contributed by atoms with Crippen molar-refractivity contribution in [2.45, 2.75) is 315 Å². The molecule has 0 radical (unpaired) electrons. The number of aliphatic hydroxyl groups excluding tert-OH is 2. The van der Waals surface area contributed by atoms with E-state index in [-0.39, 0.29) is 24.9 Å². The van der Waals surface area contributed by atoms with E-state index < -0.39 is 18.2 Å². The Morgan fingerprint density at radius 3 is 1.31 bits per heavy atom. The van der Waals surface area contributed by atoms with Crippen molar-refractivity contribution in [2.24, 2.45) is 0 Å². The largest absolute Gasteiger partial charge is 0.462 e. The topological polar surface area (TPSA) is 95.9 Å². The maximum Gasteiger partial charge on any atom is 0.306 e. The zero-order valence-electron chi connectivity index (χ0n) is 41.8. The first-order valence-corrected chi connectivity index (χ1v) is 27.6. The molecule has 0 aromatic carbocycles. The van der Waals surface area contributed by atoms with Crippen LogP contribution in [0.1, 0.15) is 297 Å². The molecule has 366 valence electrons. The fourth-order valence-electron chi connectivity index (χ4n) is 8.65. The van der Waals surface area contributed by atoms with Crippen LogP contribution in [0.5, 0.6) is 0 Å². The lowest BCUT2D eigenvalue weighted by molar-refractivity contribution is -0.151. The highest BCUT2D eigenvalue weighted by Crippen LogP contribution is 2.19. The van der Waals surface area contributed by atoms with Crippen molar-refractivity contribution in [1.82, 2.24) is 5.32 Å². The number of carbonyl (C=O) groups excluding carboxylic acids is 2. The summed E-state index contributed by atoms with van der Waals surface area (Å²) in [5, 5.41) is 23.8. The Bertz CT molecular complexity index is 981. The van der Waals surface area contributed by atoms with E-state index in [1.807, 2.05) is 0 Å². The number of aliphatic hydroxyl groups is 2. The molecule has 0 spiro atoms. The summed E-state index contributed by atoms with van der Waals surface area (Å²) >= 11 is 0. The molecule has 6 nitrogen and oxygen atoms in total. The van der Waals surface area contributed by atoms with Crippen LogP contribution in [0.3, 0.4) is 0 Å². The fraction of sp³-hybridized carbons (Fsp3) is 0.893. The van der Waals surface area contributed by atoms with Crippen LogP contribution >= 0.6 is 0 Å². The number of carbonyl (C=O) groups is 2. The van der Waals surface area contributed by atoms with E-state index >= 15 is 0 Å². The highest BCUT2D eigenvalue weighted by molar-refractivity contribution is 5.77. The van der Waals surface area contributed by atoms with Crippen molar-refractivity contribution in [3.05, 3.63) is 24.3 Å². The number of esters is 1. The van der Waals surface area contributed by atoms with Crippen molar-refractivity contribution >= 4 is 11.9 Å². The van der Waals surface area contributed by atoms with Gasteiger partial charge >= 0.3 is 5.97 Å². The number of unbranched alkanes of at least 4 members (excludes halogenated alkanes) is 34. The number of amides is 1. The van der Waals surface area contributed by atoms with Gasteiger partial charge in [0.15, 0.2) is 0 Å². The normalized spacial score (nSPS) is 13.3. The Kier molecular flexibility index (Phi) is 49.0. The van der Waals surface area contributed by atoms with Crippen LogP contribution in [0, 0.1) is 0 Å². The van der Waals surface area contributed by atoms with Gasteiger partial charge in [-0.15, -0.1) is 0 Å². The maximum absolute atomic E-state index is 13.2. The summed E-state index contributed by atoms with van der Waals surface area (Å²) < 4.78 is 5.94. The van der Waals surface area contributed by atoms with Gasteiger partial charge in [0.05, 0.1) is 25.2 Å². The van der Waals surface area contributed by atoms with Crippen molar-refractivity contribution in [2.75, 3.05) is 6.61 Å². The molecule has 62 heavy (non-hydrogen) atoms. The average Bonchev–Trinajstić information content (AvgIpc) is 3.26. The minimum Gasteiger partial charge on any atom is -0.462 e. The minimum absolute atomic E-state index is 0.0735. The van der Waals surface area contributed by atoms with Crippen LogP contribution < -0.4 is 5.32 Å². The van der Waals surface area contributed by atoms with Gasteiger partial charge in [0, 0.05) is 6.42 Å². The number of rotatable bonds is 50. The SMILES string of the molecule is CC/C=C/C/C=C/CCCCCCCC(CC(=O)NC(CO)C(O)CCCCCCCCCCCCCCCC)OC(=O)CCCCCCCCCCCCCCCCCCC. The van der Waals surface area contributed by atoms with Gasteiger partial charge < -0.3 is 20.3 Å². The van der Waals surface area contributed by atoms with Gasteiger partial charge in [-0.25, -0.2) is 0 Å². The summed E-state index contributed by atoms with van der Waals surface area (Å²) in [7, 11) is 0.